The van der Waals surface area contributed by atoms with Crippen LogP contribution in [0.4, 0.5) is 0 Å². The topological polar surface area (TPSA) is 26.3 Å². The van der Waals surface area contributed by atoms with Crippen molar-refractivity contribution in [2.45, 2.75) is 52.1 Å². The van der Waals surface area contributed by atoms with Crippen LogP contribution in [0, 0.1) is 5.92 Å². The molecular weight excluding hydrogens is 224 g/mol. The Morgan fingerprint density at radius 1 is 1.17 bits per heavy atom. The largest absolute Gasteiger partial charge is 0.459 e. The molecule has 2 unspecified atom stereocenters. The standard InChI is InChI=1S/C16H24O2/c1-3-5-7-10-14(4-2)16(18-13-17)15-11-8-6-9-12-15/h6,8-9,11-14,16H,3-5,7,10H2,1-2H3. The highest BCUT2D eigenvalue weighted by Crippen LogP contribution is 2.31. The molecule has 0 aliphatic rings. The molecule has 100 valence electrons. The van der Waals surface area contributed by atoms with Crippen molar-refractivity contribution in [2.24, 2.45) is 5.92 Å². The molecule has 0 saturated carbocycles. The van der Waals surface area contributed by atoms with Crippen molar-refractivity contribution >= 4 is 6.47 Å². The average Bonchev–Trinajstić information content (AvgIpc) is 2.43. The maximum Gasteiger partial charge on any atom is 0.293 e. The van der Waals surface area contributed by atoms with Crippen molar-refractivity contribution in [1.29, 1.82) is 0 Å². The quantitative estimate of drug-likeness (QED) is 0.475. The Balaban J connectivity index is 2.71. The van der Waals surface area contributed by atoms with Gasteiger partial charge in [0.25, 0.3) is 6.47 Å². The molecule has 0 bridgehead atoms. The van der Waals surface area contributed by atoms with Crippen LogP contribution in [-0.2, 0) is 9.53 Å². The SMILES string of the molecule is CCCCCC(CC)C(OC=O)c1ccccc1. The molecular formula is C16H24O2. The van der Waals surface area contributed by atoms with Crippen molar-refractivity contribution in [2.75, 3.05) is 0 Å². The summed E-state index contributed by atoms with van der Waals surface area (Å²) in [6.07, 6.45) is 5.75. The number of carbonyl (C=O) groups excluding carboxylic acids is 1. The monoisotopic (exact) mass is 248 g/mol. The van der Waals surface area contributed by atoms with Crippen LogP contribution in [-0.4, -0.2) is 6.47 Å². The van der Waals surface area contributed by atoms with Crippen LogP contribution >= 0.6 is 0 Å². The first-order valence-electron chi connectivity index (χ1n) is 6.97. The van der Waals surface area contributed by atoms with Gasteiger partial charge in [0.15, 0.2) is 0 Å². The number of rotatable bonds is 9. The first-order valence-corrected chi connectivity index (χ1v) is 6.97. The van der Waals surface area contributed by atoms with E-state index in [-0.39, 0.29) is 6.10 Å². The summed E-state index contributed by atoms with van der Waals surface area (Å²) >= 11 is 0. The van der Waals surface area contributed by atoms with E-state index in [1.807, 2.05) is 30.3 Å². The second kappa shape index (κ2) is 8.73. The van der Waals surface area contributed by atoms with Gasteiger partial charge in [-0.05, 0) is 24.3 Å². The molecule has 2 heteroatoms. The molecule has 0 aliphatic heterocycles. The normalized spacial score (nSPS) is 13.9. The molecule has 0 aromatic heterocycles. The Morgan fingerprint density at radius 3 is 2.44 bits per heavy atom. The second-order valence-corrected chi connectivity index (χ2v) is 4.73. The summed E-state index contributed by atoms with van der Waals surface area (Å²) in [5.41, 5.74) is 1.10. The molecule has 2 nitrogen and oxygen atoms in total. The van der Waals surface area contributed by atoms with Crippen molar-refractivity contribution < 1.29 is 9.53 Å². The second-order valence-electron chi connectivity index (χ2n) is 4.73. The summed E-state index contributed by atoms with van der Waals surface area (Å²) in [6, 6.07) is 10.1. The van der Waals surface area contributed by atoms with Crippen LogP contribution in [0.15, 0.2) is 30.3 Å². The molecule has 0 spiro atoms. The van der Waals surface area contributed by atoms with Crippen molar-refractivity contribution in [3.05, 3.63) is 35.9 Å². The third-order valence-corrected chi connectivity index (χ3v) is 3.46. The minimum Gasteiger partial charge on any atom is -0.459 e. The van der Waals surface area contributed by atoms with E-state index in [0.717, 1.165) is 18.4 Å². The lowest BCUT2D eigenvalue weighted by atomic mass is 9.88. The van der Waals surface area contributed by atoms with Gasteiger partial charge in [0, 0.05) is 0 Å². The van der Waals surface area contributed by atoms with Gasteiger partial charge in [0.2, 0.25) is 0 Å². The Morgan fingerprint density at radius 2 is 1.89 bits per heavy atom. The van der Waals surface area contributed by atoms with Gasteiger partial charge in [-0.2, -0.15) is 0 Å². The molecule has 1 aromatic carbocycles. The number of unbranched alkanes of at least 4 members (excludes halogenated alkanes) is 2. The van der Waals surface area contributed by atoms with E-state index in [9.17, 15) is 4.79 Å². The smallest absolute Gasteiger partial charge is 0.293 e. The fourth-order valence-electron chi connectivity index (χ4n) is 2.39. The first kappa shape index (κ1) is 14.7. The lowest BCUT2D eigenvalue weighted by molar-refractivity contribution is -0.137. The Hall–Kier alpha value is -1.31. The summed E-state index contributed by atoms with van der Waals surface area (Å²) in [4.78, 5) is 10.7. The minimum absolute atomic E-state index is 0.0921. The number of hydrogen-bond acceptors (Lipinski definition) is 2. The van der Waals surface area contributed by atoms with Gasteiger partial charge in [-0.1, -0.05) is 63.4 Å². The van der Waals surface area contributed by atoms with Gasteiger partial charge < -0.3 is 4.74 Å². The fourth-order valence-corrected chi connectivity index (χ4v) is 2.39. The van der Waals surface area contributed by atoms with Crippen molar-refractivity contribution in [3.63, 3.8) is 0 Å². The zero-order chi connectivity index (χ0) is 13.2. The molecule has 0 fully saturated rings. The molecule has 0 radical (unpaired) electrons. The van der Waals surface area contributed by atoms with Crippen LogP contribution < -0.4 is 0 Å². The highest BCUT2D eigenvalue weighted by Gasteiger charge is 2.22. The molecule has 18 heavy (non-hydrogen) atoms. The highest BCUT2D eigenvalue weighted by atomic mass is 16.5. The predicted octanol–water partition coefficient (Wildman–Crippen LogP) is 4.51. The fraction of sp³-hybridized carbons (Fsp3) is 0.562. The number of carbonyl (C=O) groups is 1. The average molecular weight is 248 g/mol. The van der Waals surface area contributed by atoms with Gasteiger partial charge in [-0.15, -0.1) is 0 Å². The number of benzene rings is 1. The lowest BCUT2D eigenvalue weighted by Gasteiger charge is -2.25. The summed E-state index contributed by atoms with van der Waals surface area (Å²) in [6.45, 7) is 4.96. The third kappa shape index (κ3) is 4.52. The third-order valence-electron chi connectivity index (χ3n) is 3.46. The number of ether oxygens (including phenoxy) is 1. The van der Waals surface area contributed by atoms with E-state index in [1.165, 1.54) is 19.3 Å². The van der Waals surface area contributed by atoms with E-state index >= 15 is 0 Å². The molecule has 1 rings (SSSR count). The van der Waals surface area contributed by atoms with Crippen LogP contribution in [0.5, 0.6) is 0 Å². The summed E-state index contributed by atoms with van der Waals surface area (Å²) < 4.78 is 5.33. The zero-order valence-corrected chi connectivity index (χ0v) is 11.5. The van der Waals surface area contributed by atoms with E-state index in [4.69, 9.17) is 4.74 Å². The van der Waals surface area contributed by atoms with Gasteiger partial charge >= 0.3 is 0 Å². The van der Waals surface area contributed by atoms with Gasteiger partial charge in [-0.25, -0.2) is 0 Å². The lowest BCUT2D eigenvalue weighted by Crippen LogP contribution is -2.15. The Kier molecular flexibility index (Phi) is 7.16. The van der Waals surface area contributed by atoms with Crippen LogP contribution in [0.2, 0.25) is 0 Å². The molecule has 0 saturated heterocycles. The van der Waals surface area contributed by atoms with Crippen molar-refractivity contribution in [3.8, 4) is 0 Å². The van der Waals surface area contributed by atoms with Gasteiger partial charge in [-0.3, -0.25) is 4.79 Å². The summed E-state index contributed by atoms with van der Waals surface area (Å²) in [7, 11) is 0. The first-order chi connectivity index (χ1) is 8.83. The van der Waals surface area contributed by atoms with E-state index in [2.05, 4.69) is 13.8 Å². The van der Waals surface area contributed by atoms with E-state index < -0.39 is 0 Å². The van der Waals surface area contributed by atoms with Crippen LogP contribution in [0.1, 0.15) is 57.6 Å². The van der Waals surface area contributed by atoms with Crippen molar-refractivity contribution in [1.82, 2.24) is 0 Å². The maximum atomic E-state index is 10.7. The summed E-state index contributed by atoms with van der Waals surface area (Å²) in [5.74, 6) is 0.421. The minimum atomic E-state index is -0.0921. The summed E-state index contributed by atoms with van der Waals surface area (Å²) in [5, 5.41) is 0. The maximum absolute atomic E-state index is 10.7. The molecule has 0 N–H and O–H groups in total. The van der Waals surface area contributed by atoms with Gasteiger partial charge in [0.1, 0.15) is 6.10 Å². The molecule has 0 aliphatic carbocycles. The van der Waals surface area contributed by atoms with Crippen LogP contribution in [0.25, 0.3) is 0 Å². The molecule has 0 amide bonds. The Labute approximate surface area is 110 Å². The molecule has 0 heterocycles. The van der Waals surface area contributed by atoms with E-state index in [0.29, 0.717) is 12.4 Å². The molecule has 1 aromatic rings. The van der Waals surface area contributed by atoms with Gasteiger partial charge in [0.05, 0.1) is 0 Å². The zero-order valence-electron chi connectivity index (χ0n) is 11.5. The Bertz CT molecular complexity index is 321. The number of hydrogen-bond donors (Lipinski definition) is 0. The predicted molar refractivity (Wildman–Crippen MR) is 74.3 cm³/mol. The highest BCUT2D eigenvalue weighted by molar-refractivity contribution is 5.38. The van der Waals surface area contributed by atoms with E-state index in [1.54, 1.807) is 0 Å². The van der Waals surface area contributed by atoms with Crippen LogP contribution in [0.3, 0.4) is 0 Å². The molecule has 2 atom stereocenters.